The average Bonchev–Trinajstić information content (AvgIpc) is 2.68. The van der Waals surface area contributed by atoms with Crippen molar-refractivity contribution in [2.75, 3.05) is 13.7 Å². The van der Waals surface area contributed by atoms with E-state index >= 15 is 0 Å². The number of allylic oxidation sites excluding steroid dienone is 1. The first-order chi connectivity index (χ1) is 10.4. The Bertz CT molecular complexity index is 579. The maximum Gasteiger partial charge on any atom is 0.471 e. The Morgan fingerprint density at radius 2 is 2.05 bits per heavy atom. The fourth-order valence-corrected chi connectivity index (χ4v) is 2.54. The summed E-state index contributed by atoms with van der Waals surface area (Å²) in [5, 5.41) is 1.88. The van der Waals surface area contributed by atoms with Gasteiger partial charge in [0.05, 0.1) is 7.11 Å². The molecule has 0 heterocycles. The van der Waals surface area contributed by atoms with Gasteiger partial charge in [-0.05, 0) is 54.5 Å². The number of carbonyl (C=O) groups is 1. The van der Waals surface area contributed by atoms with Crippen LogP contribution in [0.1, 0.15) is 30.4 Å². The Morgan fingerprint density at radius 1 is 1.32 bits per heavy atom. The van der Waals surface area contributed by atoms with Crippen LogP contribution in [0.2, 0.25) is 0 Å². The largest absolute Gasteiger partial charge is 0.497 e. The molecule has 0 radical (unpaired) electrons. The van der Waals surface area contributed by atoms with Gasteiger partial charge in [-0.15, -0.1) is 0 Å². The quantitative estimate of drug-likeness (QED) is 0.868. The molecule has 1 aromatic carbocycles. The SMILES string of the molecule is COc1ccc2c(c1)C(=CCNC(=O)C(F)(F)F)CCCC2. The van der Waals surface area contributed by atoms with Crippen LogP contribution in [-0.2, 0) is 11.2 Å². The van der Waals surface area contributed by atoms with E-state index in [0.717, 1.165) is 42.4 Å². The van der Waals surface area contributed by atoms with Gasteiger partial charge in [0.25, 0.3) is 0 Å². The number of nitrogens with one attached hydrogen (secondary N) is 1. The molecule has 1 amide bonds. The molecule has 0 atom stereocenters. The molecule has 6 heteroatoms. The van der Waals surface area contributed by atoms with Gasteiger partial charge in [-0.1, -0.05) is 12.1 Å². The minimum absolute atomic E-state index is 0.135. The third kappa shape index (κ3) is 4.02. The maximum atomic E-state index is 12.2. The lowest BCUT2D eigenvalue weighted by Gasteiger charge is -2.12. The van der Waals surface area contributed by atoms with Crippen molar-refractivity contribution in [3.63, 3.8) is 0 Å². The van der Waals surface area contributed by atoms with Crippen LogP contribution in [0.3, 0.4) is 0 Å². The van der Waals surface area contributed by atoms with Gasteiger partial charge in [-0.25, -0.2) is 0 Å². The van der Waals surface area contributed by atoms with Crippen molar-refractivity contribution in [3.05, 3.63) is 35.4 Å². The number of benzene rings is 1. The molecule has 120 valence electrons. The van der Waals surface area contributed by atoms with Gasteiger partial charge >= 0.3 is 12.1 Å². The van der Waals surface area contributed by atoms with Crippen molar-refractivity contribution >= 4 is 11.5 Å². The minimum atomic E-state index is -4.84. The highest BCUT2D eigenvalue weighted by molar-refractivity contribution is 5.82. The number of fused-ring (bicyclic) bond motifs is 1. The summed E-state index contributed by atoms with van der Waals surface area (Å²) in [5.41, 5.74) is 3.11. The summed E-state index contributed by atoms with van der Waals surface area (Å²) in [7, 11) is 1.57. The van der Waals surface area contributed by atoms with E-state index in [4.69, 9.17) is 4.74 Å². The number of aryl methyl sites for hydroxylation is 1. The van der Waals surface area contributed by atoms with Gasteiger partial charge in [0.2, 0.25) is 0 Å². The molecule has 0 fully saturated rings. The van der Waals surface area contributed by atoms with E-state index in [1.54, 1.807) is 13.2 Å². The maximum absolute atomic E-state index is 12.2. The summed E-state index contributed by atoms with van der Waals surface area (Å²) in [5.74, 6) is -1.20. The summed E-state index contributed by atoms with van der Waals surface area (Å²) < 4.78 is 41.7. The second-order valence-corrected chi connectivity index (χ2v) is 5.17. The third-order valence-electron chi connectivity index (χ3n) is 3.67. The molecule has 0 unspecified atom stereocenters. The fraction of sp³-hybridized carbons (Fsp3) is 0.438. The number of rotatable bonds is 3. The highest BCUT2D eigenvalue weighted by atomic mass is 19.4. The zero-order chi connectivity index (χ0) is 16.2. The van der Waals surface area contributed by atoms with Crippen molar-refractivity contribution in [2.24, 2.45) is 0 Å². The van der Waals surface area contributed by atoms with Crippen LogP contribution in [0.15, 0.2) is 24.3 Å². The van der Waals surface area contributed by atoms with Crippen LogP contribution in [0.4, 0.5) is 13.2 Å². The van der Waals surface area contributed by atoms with E-state index in [0.29, 0.717) is 5.75 Å². The zero-order valence-electron chi connectivity index (χ0n) is 12.3. The molecule has 0 aromatic heterocycles. The van der Waals surface area contributed by atoms with Gasteiger partial charge in [0.15, 0.2) is 0 Å². The second kappa shape index (κ2) is 6.85. The molecule has 22 heavy (non-hydrogen) atoms. The lowest BCUT2D eigenvalue weighted by Crippen LogP contribution is -2.36. The number of halogens is 3. The first kappa shape index (κ1) is 16.4. The Kier molecular flexibility index (Phi) is 5.11. The smallest absolute Gasteiger partial charge is 0.471 e. The van der Waals surface area contributed by atoms with E-state index in [-0.39, 0.29) is 6.54 Å². The van der Waals surface area contributed by atoms with E-state index in [1.165, 1.54) is 0 Å². The number of ether oxygens (including phenoxy) is 1. The van der Waals surface area contributed by atoms with Gasteiger partial charge in [0.1, 0.15) is 5.75 Å². The summed E-state index contributed by atoms with van der Waals surface area (Å²) in [6, 6.07) is 5.77. The summed E-state index contributed by atoms with van der Waals surface area (Å²) in [6.07, 6.45) is 0.533. The minimum Gasteiger partial charge on any atom is -0.497 e. The molecule has 2 rings (SSSR count). The number of carbonyl (C=O) groups excluding carboxylic acids is 1. The lowest BCUT2D eigenvalue weighted by atomic mass is 9.98. The topological polar surface area (TPSA) is 38.3 Å². The Balaban J connectivity index is 2.17. The Morgan fingerprint density at radius 3 is 2.73 bits per heavy atom. The molecule has 1 aromatic rings. The Hall–Kier alpha value is -1.98. The van der Waals surface area contributed by atoms with E-state index in [2.05, 4.69) is 0 Å². The second-order valence-electron chi connectivity index (χ2n) is 5.17. The van der Waals surface area contributed by atoms with Crippen LogP contribution in [0.25, 0.3) is 5.57 Å². The van der Waals surface area contributed by atoms with Gasteiger partial charge < -0.3 is 10.1 Å². The van der Waals surface area contributed by atoms with Crippen LogP contribution in [0, 0.1) is 0 Å². The van der Waals surface area contributed by atoms with E-state index in [1.807, 2.05) is 23.5 Å². The van der Waals surface area contributed by atoms with Crippen LogP contribution >= 0.6 is 0 Å². The van der Waals surface area contributed by atoms with Crippen LogP contribution < -0.4 is 10.1 Å². The van der Waals surface area contributed by atoms with Gasteiger partial charge in [0, 0.05) is 6.54 Å². The summed E-state index contributed by atoms with van der Waals surface area (Å²) in [4.78, 5) is 10.8. The molecule has 3 nitrogen and oxygen atoms in total. The fourth-order valence-electron chi connectivity index (χ4n) is 2.54. The average molecular weight is 313 g/mol. The molecule has 0 spiro atoms. The molecule has 0 saturated heterocycles. The van der Waals surface area contributed by atoms with Crippen LogP contribution in [0.5, 0.6) is 5.75 Å². The van der Waals surface area contributed by atoms with Crippen molar-refractivity contribution in [2.45, 2.75) is 31.9 Å². The normalized spacial score (nSPS) is 16.8. The standard InChI is InChI=1S/C16H18F3NO2/c1-22-13-7-6-11-4-2-3-5-12(14(11)10-13)8-9-20-15(21)16(17,18)19/h6-8,10H,2-5,9H2,1H3,(H,20,21). The molecule has 0 saturated carbocycles. The highest BCUT2D eigenvalue weighted by Gasteiger charge is 2.38. The Labute approximate surface area is 127 Å². The molecular formula is C16H18F3NO2. The van der Waals surface area contributed by atoms with Crippen molar-refractivity contribution in [3.8, 4) is 5.75 Å². The first-order valence-electron chi connectivity index (χ1n) is 7.13. The predicted octanol–water partition coefficient (Wildman–Crippen LogP) is 3.48. The van der Waals surface area contributed by atoms with Crippen molar-refractivity contribution in [1.29, 1.82) is 0 Å². The van der Waals surface area contributed by atoms with E-state index < -0.39 is 12.1 Å². The lowest BCUT2D eigenvalue weighted by molar-refractivity contribution is -0.173. The van der Waals surface area contributed by atoms with Gasteiger partial charge in [-0.3, -0.25) is 4.79 Å². The number of methoxy groups -OCH3 is 1. The predicted molar refractivity (Wildman–Crippen MR) is 77.6 cm³/mol. The number of alkyl halides is 3. The zero-order valence-corrected chi connectivity index (χ0v) is 12.3. The molecule has 1 aliphatic rings. The van der Waals surface area contributed by atoms with Crippen molar-refractivity contribution < 1.29 is 22.7 Å². The number of hydrogen-bond acceptors (Lipinski definition) is 2. The van der Waals surface area contributed by atoms with Crippen molar-refractivity contribution in [1.82, 2.24) is 5.32 Å². The van der Waals surface area contributed by atoms with Gasteiger partial charge in [-0.2, -0.15) is 13.2 Å². The monoisotopic (exact) mass is 313 g/mol. The molecular weight excluding hydrogens is 295 g/mol. The third-order valence-corrected chi connectivity index (χ3v) is 3.67. The molecule has 1 aliphatic carbocycles. The van der Waals surface area contributed by atoms with E-state index in [9.17, 15) is 18.0 Å². The molecule has 0 aliphatic heterocycles. The van der Waals surface area contributed by atoms with Crippen LogP contribution in [-0.4, -0.2) is 25.7 Å². The molecule has 1 N–H and O–H groups in total. The summed E-state index contributed by atoms with van der Waals surface area (Å²) in [6.45, 7) is -0.135. The number of hydrogen-bond donors (Lipinski definition) is 1. The summed E-state index contributed by atoms with van der Waals surface area (Å²) >= 11 is 0. The number of amides is 1. The highest BCUT2D eigenvalue weighted by Crippen LogP contribution is 2.32. The molecule has 0 bridgehead atoms. The first-order valence-corrected chi connectivity index (χ1v) is 7.13.